The summed E-state index contributed by atoms with van der Waals surface area (Å²) in [6.07, 6.45) is -0.814. The molecule has 0 heterocycles. The van der Waals surface area contributed by atoms with E-state index in [0.29, 0.717) is 18.1 Å². The zero-order chi connectivity index (χ0) is 18.9. The Kier molecular flexibility index (Phi) is 7.35. The molecule has 1 atom stereocenters. The van der Waals surface area contributed by atoms with Crippen LogP contribution in [0.1, 0.15) is 22.8 Å². The van der Waals surface area contributed by atoms with E-state index in [1.807, 2.05) is 30.3 Å². The fourth-order valence-electron chi connectivity index (χ4n) is 2.14. The molecule has 0 saturated heterocycles. The maximum absolute atomic E-state index is 12.2. The predicted molar refractivity (Wildman–Crippen MR) is 90.6 cm³/mol. The van der Waals surface area contributed by atoms with Gasteiger partial charge in [0.25, 0.3) is 0 Å². The minimum atomic E-state index is -2.88. The second-order valence-corrected chi connectivity index (χ2v) is 5.48. The predicted octanol–water partition coefficient (Wildman–Crippen LogP) is 4.06. The van der Waals surface area contributed by atoms with Crippen molar-refractivity contribution in [3.05, 3.63) is 59.7 Å². The van der Waals surface area contributed by atoms with E-state index < -0.39 is 18.7 Å². The number of benzene rings is 2. The van der Waals surface area contributed by atoms with Gasteiger partial charge in [0.05, 0.1) is 18.8 Å². The van der Waals surface area contributed by atoms with Crippen molar-refractivity contribution in [3.63, 3.8) is 0 Å². The number of carbonyl (C=O) groups excluding carboxylic acids is 1. The Labute approximate surface area is 150 Å². The third-order valence-electron chi connectivity index (χ3n) is 3.37. The zero-order valence-corrected chi connectivity index (χ0v) is 14.5. The van der Waals surface area contributed by atoms with Crippen LogP contribution in [0.25, 0.3) is 0 Å². The Morgan fingerprint density at radius 2 is 1.69 bits per heavy atom. The van der Waals surface area contributed by atoms with Crippen LogP contribution in [0, 0.1) is 0 Å². The number of hydrogen-bond donors (Lipinski definition) is 0. The van der Waals surface area contributed by atoms with Crippen LogP contribution < -0.4 is 9.47 Å². The number of hydrogen-bond acceptors (Lipinski definition) is 5. The van der Waals surface area contributed by atoms with Crippen LogP contribution in [0.2, 0.25) is 0 Å². The van der Waals surface area contributed by atoms with Crippen LogP contribution in [0.15, 0.2) is 48.5 Å². The smallest absolute Gasteiger partial charge is 0.345 e. The molecule has 2 aromatic rings. The molecule has 0 bridgehead atoms. The summed E-state index contributed by atoms with van der Waals surface area (Å²) in [4.78, 5) is 11.8. The average molecular weight is 366 g/mol. The van der Waals surface area contributed by atoms with Gasteiger partial charge in [-0.3, -0.25) is 0 Å². The van der Waals surface area contributed by atoms with Crippen LogP contribution in [-0.4, -0.2) is 32.4 Å². The summed E-state index contributed by atoms with van der Waals surface area (Å²) in [5.74, 6) is 0.131. The molecule has 0 aliphatic carbocycles. The van der Waals surface area contributed by atoms with Gasteiger partial charge in [-0.2, -0.15) is 8.78 Å². The van der Waals surface area contributed by atoms with E-state index in [9.17, 15) is 13.6 Å². The van der Waals surface area contributed by atoms with Gasteiger partial charge in [-0.25, -0.2) is 4.79 Å². The highest BCUT2D eigenvalue weighted by Gasteiger charge is 2.14. The van der Waals surface area contributed by atoms with E-state index in [4.69, 9.17) is 14.2 Å². The third kappa shape index (κ3) is 6.33. The molecule has 0 fully saturated rings. The summed E-state index contributed by atoms with van der Waals surface area (Å²) >= 11 is 0. The molecule has 5 nitrogen and oxygen atoms in total. The average Bonchev–Trinajstić information content (AvgIpc) is 2.64. The number of methoxy groups -OCH3 is 1. The molecule has 0 amide bonds. The van der Waals surface area contributed by atoms with Crippen molar-refractivity contribution >= 4 is 5.97 Å². The highest BCUT2D eigenvalue weighted by atomic mass is 19.3. The van der Waals surface area contributed by atoms with Crippen LogP contribution in [0.4, 0.5) is 8.78 Å². The molecule has 1 unspecified atom stereocenters. The molecule has 140 valence electrons. The Hall–Kier alpha value is -2.67. The van der Waals surface area contributed by atoms with Crippen molar-refractivity contribution in [2.75, 3.05) is 13.7 Å². The number of ether oxygens (including phenoxy) is 4. The van der Waals surface area contributed by atoms with Crippen molar-refractivity contribution < 1.29 is 32.5 Å². The van der Waals surface area contributed by atoms with E-state index >= 15 is 0 Å². The van der Waals surface area contributed by atoms with E-state index in [1.165, 1.54) is 26.2 Å². The number of halogens is 2. The maximum Gasteiger partial charge on any atom is 0.345 e. The Morgan fingerprint density at radius 1 is 1.04 bits per heavy atom. The largest absolute Gasteiger partial charge is 0.491 e. The van der Waals surface area contributed by atoms with Crippen LogP contribution in [-0.2, 0) is 16.1 Å². The lowest BCUT2D eigenvalue weighted by Crippen LogP contribution is -2.20. The second-order valence-electron chi connectivity index (χ2n) is 5.48. The first kappa shape index (κ1) is 19.7. The van der Waals surface area contributed by atoms with Gasteiger partial charge in [-0.15, -0.1) is 0 Å². The van der Waals surface area contributed by atoms with Crippen molar-refractivity contribution in [2.45, 2.75) is 26.2 Å². The Morgan fingerprint density at radius 3 is 2.31 bits per heavy atom. The van der Waals surface area contributed by atoms with Gasteiger partial charge >= 0.3 is 12.6 Å². The van der Waals surface area contributed by atoms with Crippen molar-refractivity contribution in [1.82, 2.24) is 0 Å². The molecule has 2 aromatic carbocycles. The highest BCUT2D eigenvalue weighted by Crippen LogP contribution is 2.25. The van der Waals surface area contributed by atoms with Crippen molar-refractivity contribution in [1.29, 1.82) is 0 Å². The summed E-state index contributed by atoms with van der Waals surface area (Å²) < 4.78 is 44.6. The molecular formula is C19H20F2O5. The quantitative estimate of drug-likeness (QED) is 0.627. The zero-order valence-electron chi connectivity index (χ0n) is 14.5. The number of alkyl halides is 2. The monoisotopic (exact) mass is 366 g/mol. The van der Waals surface area contributed by atoms with Gasteiger partial charge in [0.1, 0.15) is 24.7 Å². The summed E-state index contributed by atoms with van der Waals surface area (Å²) in [5, 5.41) is 0. The van der Waals surface area contributed by atoms with E-state index in [1.54, 1.807) is 6.07 Å². The first-order valence-electron chi connectivity index (χ1n) is 7.94. The molecule has 0 saturated carbocycles. The molecule has 2 rings (SSSR count). The van der Waals surface area contributed by atoms with E-state index in [-0.39, 0.29) is 12.2 Å². The minimum Gasteiger partial charge on any atom is -0.491 e. The standard InChI is InChI=1S/C19H20F2O5/c1-13(26-19(20)21)11-24-16-8-15(18(22)23-2)9-17(10-16)25-12-14-6-4-3-5-7-14/h3-10,13,19H,11-12H2,1-2H3. The van der Waals surface area contributed by atoms with Crippen molar-refractivity contribution in [2.24, 2.45) is 0 Å². The van der Waals surface area contributed by atoms with Crippen LogP contribution in [0.5, 0.6) is 11.5 Å². The number of esters is 1. The topological polar surface area (TPSA) is 54.0 Å². The van der Waals surface area contributed by atoms with Gasteiger partial charge < -0.3 is 18.9 Å². The molecule has 7 heteroatoms. The van der Waals surface area contributed by atoms with Gasteiger partial charge in [0.15, 0.2) is 0 Å². The van der Waals surface area contributed by atoms with Gasteiger partial charge in [-0.05, 0) is 24.6 Å². The second kappa shape index (κ2) is 9.72. The third-order valence-corrected chi connectivity index (χ3v) is 3.37. The number of rotatable bonds is 9. The van der Waals surface area contributed by atoms with E-state index in [0.717, 1.165) is 5.56 Å². The summed E-state index contributed by atoms with van der Waals surface area (Å²) in [5.41, 5.74) is 1.19. The van der Waals surface area contributed by atoms with Crippen LogP contribution in [0.3, 0.4) is 0 Å². The number of carbonyl (C=O) groups is 1. The first-order chi connectivity index (χ1) is 12.5. The van der Waals surface area contributed by atoms with Gasteiger partial charge in [0.2, 0.25) is 0 Å². The van der Waals surface area contributed by atoms with Gasteiger partial charge in [0, 0.05) is 6.07 Å². The summed E-state index contributed by atoms with van der Waals surface area (Å²) in [7, 11) is 1.26. The lowest BCUT2D eigenvalue weighted by Gasteiger charge is -2.15. The normalized spacial score (nSPS) is 11.9. The molecule has 0 radical (unpaired) electrons. The minimum absolute atomic E-state index is 0.104. The van der Waals surface area contributed by atoms with Gasteiger partial charge in [-0.1, -0.05) is 30.3 Å². The molecule has 0 aliphatic rings. The van der Waals surface area contributed by atoms with E-state index in [2.05, 4.69) is 4.74 Å². The molecule has 0 aromatic heterocycles. The van der Waals surface area contributed by atoms with Crippen molar-refractivity contribution in [3.8, 4) is 11.5 Å². The lowest BCUT2D eigenvalue weighted by molar-refractivity contribution is -0.164. The fourth-order valence-corrected chi connectivity index (χ4v) is 2.14. The summed E-state index contributed by atoms with van der Waals surface area (Å²) in [6.45, 7) is -1.22. The molecular weight excluding hydrogens is 346 g/mol. The Bertz CT molecular complexity index is 706. The lowest BCUT2D eigenvalue weighted by atomic mass is 10.2. The molecule has 0 aliphatic heterocycles. The highest BCUT2D eigenvalue weighted by molar-refractivity contribution is 5.90. The molecule has 26 heavy (non-hydrogen) atoms. The first-order valence-corrected chi connectivity index (χ1v) is 7.94. The van der Waals surface area contributed by atoms with Crippen LogP contribution >= 0.6 is 0 Å². The SMILES string of the molecule is COC(=O)c1cc(OCc2ccccc2)cc(OCC(C)OC(F)F)c1. The molecule has 0 N–H and O–H groups in total. The Balaban J connectivity index is 2.09. The molecule has 0 spiro atoms. The summed E-state index contributed by atoms with van der Waals surface area (Å²) in [6, 6.07) is 14.1. The fraction of sp³-hybridized carbons (Fsp3) is 0.316. The maximum atomic E-state index is 12.2.